The van der Waals surface area contributed by atoms with E-state index in [1.165, 1.54) is 10.9 Å². The molecule has 3 heterocycles. The lowest BCUT2D eigenvalue weighted by atomic mass is 10.2. The number of aromatic amines is 1. The largest absolute Gasteiger partial charge is 0.378 e. The topological polar surface area (TPSA) is 105 Å². The van der Waals surface area contributed by atoms with Crippen molar-refractivity contribution in [3.8, 4) is 0 Å². The van der Waals surface area contributed by atoms with Crippen molar-refractivity contribution in [3.05, 3.63) is 29.3 Å². The number of fused-ring (bicyclic) bond motifs is 1. The number of aryl methyl sites for hydroxylation is 1. The molecule has 25 heavy (non-hydrogen) atoms. The van der Waals surface area contributed by atoms with E-state index >= 15 is 0 Å². The maximum Gasteiger partial charge on any atom is 0.276 e. The molecule has 1 saturated heterocycles. The lowest BCUT2D eigenvalue weighted by molar-refractivity contribution is -0.136. The number of H-pyrrole nitrogens is 1. The van der Waals surface area contributed by atoms with Crippen molar-refractivity contribution in [2.24, 2.45) is 0 Å². The van der Waals surface area contributed by atoms with Crippen molar-refractivity contribution in [2.45, 2.75) is 25.8 Å². The molecular formula is C16H20N6O3. The number of morpholine rings is 1. The smallest absolute Gasteiger partial charge is 0.276 e. The molecule has 0 spiro atoms. The summed E-state index contributed by atoms with van der Waals surface area (Å²) in [6.45, 7) is 2.50. The van der Waals surface area contributed by atoms with Gasteiger partial charge in [0, 0.05) is 30.5 Å². The number of aromatic nitrogens is 4. The van der Waals surface area contributed by atoms with Crippen LogP contribution < -0.4 is 5.32 Å². The molecule has 2 aromatic heterocycles. The lowest BCUT2D eigenvalue weighted by Gasteiger charge is -2.26. The van der Waals surface area contributed by atoms with Crippen molar-refractivity contribution < 1.29 is 14.3 Å². The minimum absolute atomic E-state index is 0.00519. The molecule has 9 nitrogen and oxygen atoms in total. The Kier molecular flexibility index (Phi) is 4.22. The number of ether oxygens (including phenoxy) is 1. The predicted octanol–water partition coefficient (Wildman–Crippen LogP) is 0.206. The Morgan fingerprint density at radius 3 is 2.96 bits per heavy atom. The first kappa shape index (κ1) is 15.8. The van der Waals surface area contributed by atoms with E-state index in [1.54, 1.807) is 11.1 Å². The number of amides is 2. The van der Waals surface area contributed by atoms with Gasteiger partial charge in [-0.15, -0.1) is 0 Å². The van der Waals surface area contributed by atoms with E-state index in [0.29, 0.717) is 37.7 Å². The van der Waals surface area contributed by atoms with Crippen LogP contribution in [0.5, 0.6) is 0 Å². The molecule has 0 aromatic carbocycles. The summed E-state index contributed by atoms with van der Waals surface area (Å²) in [4.78, 5) is 26.4. The first-order chi connectivity index (χ1) is 12.2. The van der Waals surface area contributed by atoms with Crippen LogP contribution in [0.3, 0.4) is 0 Å². The van der Waals surface area contributed by atoms with Crippen LogP contribution in [0.1, 0.15) is 28.2 Å². The van der Waals surface area contributed by atoms with Gasteiger partial charge in [-0.2, -0.15) is 10.2 Å². The van der Waals surface area contributed by atoms with E-state index in [0.717, 1.165) is 30.5 Å². The van der Waals surface area contributed by atoms with Gasteiger partial charge in [-0.05, 0) is 19.3 Å². The van der Waals surface area contributed by atoms with Gasteiger partial charge in [0.05, 0.1) is 25.1 Å². The number of hydrogen-bond acceptors (Lipinski definition) is 5. The molecule has 0 radical (unpaired) electrons. The van der Waals surface area contributed by atoms with Crippen LogP contribution >= 0.6 is 0 Å². The molecular weight excluding hydrogens is 324 g/mol. The summed E-state index contributed by atoms with van der Waals surface area (Å²) in [6.07, 6.45) is 6.06. The predicted molar refractivity (Wildman–Crippen MR) is 88.2 cm³/mol. The zero-order chi connectivity index (χ0) is 17.2. The van der Waals surface area contributed by atoms with E-state index in [4.69, 9.17) is 4.74 Å². The van der Waals surface area contributed by atoms with E-state index in [9.17, 15) is 9.59 Å². The van der Waals surface area contributed by atoms with Crippen LogP contribution in [0.25, 0.3) is 0 Å². The molecule has 0 bridgehead atoms. The normalized spacial score (nSPS) is 16.7. The molecule has 4 rings (SSSR count). The van der Waals surface area contributed by atoms with Crippen LogP contribution in [0, 0.1) is 0 Å². The van der Waals surface area contributed by atoms with Crippen molar-refractivity contribution in [1.82, 2.24) is 24.9 Å². The van der Waals surface area contributed by atoms with Crippen LogP contribution in [0.15, 0.2) is 12.4 Å². The maximum atomic E-state index is 12.4. The molecule has 2 N–H and O–H groups in total. The SMILES string of the molecule is O=C(Nc1cnn(CC(=O)N2CCOCC2)c1)c1n[nH]c2c1CCC2. The molecule has 9 heteroatoms. The van der Waals surface area contributed by atoms with E-state index in [-0.39, 0.29) is 18.4 Å². The van der Waals surface area contributed by atoms with E-state index in [1.807, 2.05) is 0 Å². The molecule has 1 aliphatic heterocycles. The Morgan fingerprint density at radius 1 is 1.28 bits per heavy atom. The Hall–Kier alpha value is -2.68. The minimum Gasteiger partial charge on any atom is -0.378 e. The van der Waals surface area contributed by atoms with Crippen LogP contribution in [0.2, 0.25) is 0 Å². The Morgan fingerprint density at radius 2 is 2.12 bits per heavy atom. The van der Waals surface area contributed by atoms with E-state index < -0.39 is 0 Å². The summed E-state index contributed by atoms with van der Waals surface area (Å²) in [5.74, 6) is -0.257. The summed E-state index contributed by atoms with van der Waals surface area (Å²) in [5, 5.41) is 14.0. The fraction of sp³-hybridized carbons (Fsp3) is 0.500. The third-order valence-electron chi connectivity index (χ3n) is 4.57. The molecule has 2 aromatic rings. The number of hydrogen-bond donors (Lipinski definition) is 2. The highest BCUT2D eigenvalue weighted by Gasteiger charge is 2.23. The molecule has 1 fully saturated rings. The summed E-state index contributed by atoms with van der Waals surface area (Å²) in [7, 11) is 0. The van der Waals surface area contributed by atoms with Crippen molar-refractivity contribution >= 4 is 17.5 Å². The first-order valence-corrected chi connectivity index (χ1v) is 8.46. The Bertz CT molecular complexity index is 790. The zero-order valence-electron chi connectivity index (χ0n) is 13.8. The number of carbonyl (C=O) groups is 2. The molecule has 1 aliphatic carbocycles. The van der Waals surface area contributed by atoms with Gasteiger partial charge in [-0.25, -0.2) is 0 Å². The second kappa shape index (κ2) is 6.67. The summed E-state index contributed by atoms with van der Waals surface area (Å²) < 4.78 is 6.77. The Labute approximate surface area is 144 Å². The average Bonchev–Trinajstić information content (AvgIpc) is 3.32. The fourth-order valence-corrected chi connectivity index (χ4v) is 3.26. The lowest BCUT2D eigenvalue weighted by Crippen LogP contribution is -2.42. The fourth-order valence-electron chi connectivity index (χ4n) is 3.26. The molecule has 0 unspecified atom stereocenters. The van der Waals surface area contributed by atoms with Gasteiger partial charge in [0.1, 0.15) is 6.54 Å². The third kappa shape index (κ3) is 3.27. The second-order valence-electron chi connectivity index (χ2n) is 6.26. The van der Waals surface area contributed by atoms with Gasteiger partial charge in [0.25, 0.3) is 5.91 Å². The second-order valence-corrected chi connectivity index (χ2v) is 6.26. The third-order valence-corrected chi connectivity index (χ3v) is 4.57. The van der Waals surface area contributed by atoms with E-state index in [2.05, 4.69) is 20.6 Å². The maximum absolute atomic E-state index is 12.4. The Balaban J connectivity index is 1.37. The first-order valence-electron chi connectivity index (χ1n) is 8.46. The summed E-state index contributed by atoms with van der Waals surface area (Å²) in [6, 6.07) is 0. The molecule has 0 atom stereocenters. The highest BCUT2D eigenvalue weighted by atomic mass is 16.5. The number of carbonyl (C=O) groups excluding carboxylic acids is 2. The van der Waals surface area contributed by atoms with Gasteiger partial charge in [-0.1, -0.05) is 0 Å². The van der Waals surface area contributed by atoms with Gasteiger partial charge in [-0.3, -0.25) is 19.4 Å². The highest BCUT2D eigenvalue weighted by Crippen LogP contribution is 2.23. The minimum atomic E-state index is -0.251. The van der Waals surface area contributed by atoms with Crippen molar-refractivity contribution in [1.29, 1.82) is 0 Å². The standard InChI is InChI=1S/C16H20N6O3/c23-14(21-4-6-25-7-5-21)10-22-9-11(8-17-22)18-16(24)15-12-2-1-3-13(12)19-20-15/h8-9H,1-7,10H2,(H,18,24)(H,19,20). The molecule has 2 amide bonds. The van der Waals surface area contributed by atoms with Gasteiger partial charge in [0.2, 0.25) is 5.91 Å². The highest BCUT2D eigenvalue weighted by molar-refractivity contribution is 6.04. The van der Waals surface area contributed by atoms with Crippen LogP contribution in [-0.2, 0) is 28.9 Å². The molecule has 132 valence electrons. The van der Waals surface area contributed by atoms with Crippen LogP contribution in [0.4, 0.5) is 5.69 Å². The van der Waals surface area contributed by atoms with Gasteiger partial charge in [0.15, 0.2) is 5.69 Å². The number of anilines is 1. The van der Waals surface area contributed by atoms with Crippen molar-refractivity contribution in [3.63, 3.8) is 0 Å². The van der Waals surface area contributed by atoms with Gasteiger partial charge >= 0.3 is 0 Å². The summed E-state index contributed by atoms with van der Waals surface area (Å²) >= 11 is 0. The average molecular weight is 344 g/mol. The number of rotatable bonds is 4. The monoisotopic (exact) mass is 344 g/mol. The van der Waals surface area contributed by atoms with Crippen molar-refractivity contribution in [2.75, 3.05) is 31.6 Å². The molecule has 2 aliphatic rings. The quantitative estimate of drug-likeness (QED) is 0.825. The number of nitrogens with one attached hydrogen (secondary N) is 2. The molecule has 0 saturated carbocycles. The van der Waals surface area contributed by atoms with Crippen LogP contribution in [-0.4, -0.2) is 63.0 Å². The summed E-state index contributed by atoms with van der Waals surface area (Å²) in [5.41, 5.74) is 3.06. The van der Waals surface area contributed by atoms with Gasteiger partial charge < -0.3 is 15.0 Å². The zero-order valence-corrected chi connectivity index (χ0v) is 13.8. The number of nitrogens with zero attached hydrogens (tertiary/aromatic N) is 4.